The van der Waals surface area contributed by atoms with Gasteiger partial charge in [0.1, 0.15) is 0 Å². The second-order valence-corrected chi connectivity index (χ2v) is 4.21. The Morgan fingerprint density at radius 1 is 1.30 bits per heavy atom. The summed E-state index contributed by atoms with van der Waals surface area (Å²) in [5.41, 5.74) is -0.408. The van der Waals surface area contributed by atoms with E-state index in [9.17, 15) is 4.79 Å². The predicted octanol–water partition coefficient (Wildman–Crippen LogP) is 0.571. The van der Waals surface area contributed by atoms with Gasteiger partial charge in [-0.2, -0.15) is 0 Å². The van der Waals surface area contributed by atoms with Gasteiger partial charge in [-0.1, -0.05) is 0 Å². The molecule has 1 fully saturated rings. The molecule has 1 aliphatic heterocycles. The normalized spacial score (nSPS) is 20.1. The molecule has 0 aromatic rings. The van der Waals surface area contributed by atoms with Crippen LogP contribution in [0.15, 0.2) is 0 Å². The topological polar surface area (TPSA) is 113 Å². The van der Waals surface area contributed by atoms with E-state index in [0.29, 0.717) is 13.0 Å². The summed E-state index contributed by atoms with van der Waals surface area (Å²) in [6, 6.07) is 0. The molecule has 1 rings (SSSR count). The minimum Gasteiger partial charge on any atom is -0.481 e. The van der Waals surface area contributed by atoms with Crippen LogP contribution in [-0.4, -0.2) is 59.3 Å². The van der Waals surface area contributed by atoms with E-state index in [2.05, 4.69) is 4.74 Å². The van der Waals surface area contributed by atoms with E-state index < -0.39 is 11.6 Å². The Bertz CT molecular complexity index is 255. The minimum absolute atomic E-state index is 0.0353. The van der Waals surface area contributed by atoms with Crippen molar-refractivity contribution in [3.8, 4) is 0 Å². The van der Waals surface area contributed by atoms with Crippen LogP contribution in [0, 0.1) is 0 Å². The van der Waals surface area contributed by atoms with E-state index in [1.807, 2.05) is 0 Å². The van der Waals surface area contributed by atoms with Gasteiger partial charge in [0.2, 0.25) is 0 Å². The average molecular weight is 294 g/mol. The number of hydrogen-bond acceptors (Lipinski definition) is 6. The summed E-state index contributed by atoms with van der Waals surface area (Å²) < 4.78 is 9.72. The number of carboxylic acids is 1. The van der Waals surface area contributed by atoms with Gasteiger partial charge in [-0.25, -0.2) is 0 Å². The van der Waals surface area contributed by atoms with Gasteiger partial charge in [0.25, 0.3) is 5.97 Å². The van der Waals surface area contributed by atoms with Crippen LogP contribution in [0.5, 0.6) is 0 Å². The molecule has 3 N–H and O–H groups in total. The van der Waals surface area contributed by atoms with Crippen molar-refractivity contribution in [2.24, 2.45) is 0 Å². The molecule has 1 saturated heterocycles. The molecule has 0 amide bonds. The summed E-state index contributed by atoms with van der Waals surface area (Å²) in [6.07, 6.45) is 2.44. The van der Waals surface area contributed by atoms with Crippen LogP contribution in [0.3, 0.4) is 0 Å². The Morgan fingerprint density at radius 3 is 2.05 bits per heavy atom. The van der Waals surface area contributed by atoms with E-state index >= 15 is 0 Å². The lowest BCUT2D eigenvalue weighted by molar-refractivity contribution is -0.140. The van der Waals surface area contributed by atoms with Crippen molar-refractivity contribution in [1.29, 1.82) is 0 Å². The number of aliphatic hydroxyl groups excluding tert-OH is 2. The highest BCUT2D eigenvalue weighted by molar-refractivity contribution is 5.65. The standard InChI is InChI=1S/C7H14O3.C4H8O2.C2H4O2/c8-4-3-7(6-9)2-1-5-10-7;1-3-6-4(2)5;1-2(3)4/h8-9H,1-6H2;3H2,1-2H3;1H3,(H,3,4). The van der Waals surface area contributed by atoms with Gasteiger partial charge in [0.05, 0.1) is 18.8 Å². The molecule has 120 valence electrons. The van der Waals surface area contributed by atoms with E-state index in [-0.39, 0.29) is 19.2 Å². The van der Waals surface area contributed by atoms with Gasteiger partial charge in [0.15, 0.2) is 0 Å². The van der Waals surface area contributed by atoms with Gasteiger partial charge in [-0.15, -0.1) is 0 Å². The number of carbonyl (C=O) groups excluding carboxylic acids is 1. The second-order valence-electron chi connectivity index (χ2n) is 4.21. The highest BCUT2D eigenvalue weighted by Gasteiger charge is 2.33. The monoisotopic (exact) mass is 294 g/mol. The molecule has 1 aliphatic rings. The fourth-order valence-corrected chi connectivity index (χ4v) is 1.56. The van der Waals surface area contributed by atoms with Crippen LogP contribution in [0.4, 0.5) is 0 Å². The molecule has 7 heteroatoms. The maximum absolute atomic E-state index is 9.82. The summed E-state index contributed by atoms with van der Waals surface area (Å²) in [4.78, 5) is 18.8. The zero-order valence-corrected chi connectivity index (χ0v) is 12.4. The third-order valence-electron chi connectivity index (χ3n) is 2.39. The molecule has 7 nitrogen and oxygen atoms in total. The number of aliphatic carboxylic acids is 1. The molecule has 1 unspecified atom stereocenters. The number of ether oxygens (including phenoxy) is 2. The lowest BCUT2D eigenvalue weighted by Crippen LogP contribution is -2.33. The lowest BCUT2D eigenvalue weighted by Gasteiger charge is -2.24. The van der Waals surface area contributed by atoms with E-state index in [1.165, 1.54) is 6.92 Å². The minimum atomic E-state index is -0.833. The lowest BCUT2D eigenvalue weighted by atomic mass is 9.98. The Morgan fingerprint density at radius 2 is 1.85 bits per heavy atom. The quantitative estimate of drug-likeness (QED) is 0.649. The molecule has 0 aliphatic carbocycles. The first kappa shape index (κ1) is 21.1. The highest BCUT2D eigenvalue weighted by atomic mass is 16.5. The Hall–Kier alpha value is -1.18. The maximum Gasteiger partial charge on any atom is 0.302 e. The number of hydrogen-bond donors (Lipinski definition) is 3. The number of esters is 1. The zero-order valence-electron chi connectivity index (χ0n) is 12.4. The van der Waals surface area contributed by atoms with Crippen LogP contribution >= 0.6 is 0 Å². The van der Waals surface area contributed by atoms with Crippen molar-refractivity contribution in [2.75, 3.05) is 26.4 Å². The fourth-order valence-electron chi connectivity index (χ4n) is 1.56. The third-order valence-corrected chi connectivity index (χ3v) is 2.39. The first-order valence-electron chi connectivity index (χ1n) is 6.52. The third kappa shape index (κ3) is 13.3. The molecular formula is C13H26O7. The van der Waals surface area contributed by atoms with Crippen molar-refractivity contribution < 1.29 is 34.4 Å². The van der Waals surface area contributed by atoms with Gasteiger partial charge >= 0.3 is 5.97 Å². The maximum atomic E-state index is 9.82. The molecule has 0 saturated carbocycles. The molecule has 0 bridgehead atoms. The van der Waals surface area contributed by atoms with Crippen molar-refractivity contribution in [2.45, 2.75) is 45.6 Å². The Balaban J connectivity index is 0. The van der Waals surface area contributed by atoms with Crippen molar-refractivity contribution >= 4 is 11.9 Å². The van der Waals surface area contributed by atoms with Crippen LogP contribution in [0.25, 0.3) is 0 Å². The molecule has 1 atom stereocenters. The summed E-state index contributed by atoms with van der Waals surface area (Å²) in [7, 11) is 0. The van der Waals surface area contributed by atoms with E-state index in [0.717, 1.165) is 26.4 Å². The molecule has 20 heavy (non-hydrogen) atoms. The largest absolute Gasteiger partial charge is 0.481 e. The van der Waals surface area contributed by atoms with Gasteiger partial charge in [0, 0.05) is 33.5 Å². The summed E-state index contributed by atoms with van der Waals surface area (Å²) in [5, 5.41) is 25.0. The highest BCUT2D eigenvalue weighted by Crippen LogP contribution is 2.27. The Labute approximate surface area is 119 Å². The molecule has 0 aromatic heterocycles. The smallest absolute Gasteiger partial charge is 0.302 e. The Kier molecular flexibility index (Phi) is 13.6. The van der Waals surface area contributed by atoms with Gasteiger partial charge in [-0.05, 0) is 19.8 Å². The number of aliphatic hydroxyl groups is 2. The van der Waals surface area contributed by atoms with Crippen LogP contribution in [0.2, 0.25) is 0 Å². The van der Waals surface area contributed by atoms with Crippen LogP contribution < -0.4 is 0 Å². The van der Waals surface area contributed by atoms with Gasteiger partial charge in [-0.3, -0.25) is 9.59 Å². The summed E-state index contributed by atoms with van der Waals surface area (Å²) in [5.74, 6) is -1.04. The SMILES string of the molecule is CC(=O)O.CCOC(C)=O.OCCC1(CO)CCCO1. The summed E-state index contributed by atoms with van der Waals surface area (Å²) in [6.45, 7) is 5.59. The molecular weight excluding hydrogens is 268 g/mol. The van der Waals surface area contributed by atoms with E-state index in [4.69, 9.17) is 24.9 Å². The van der Waals surface area contributed by atoms with Crippen molar-refractivity contribution in [1.82, 2.24) is 0 Å². The van der Waals surface area contributed by atoms with Crippen molar-refractivity contribution in [3.63, 3.8) is 0 Å². The fraction of sp³-hybridized carbons (Fsp3) is 0.846. The predicted molar refractivity (Wildman–Crippen MR) is 72.3 cm³/mol. The molecule has 0 radical (unpaired) electrons. The first-order chi connectivity index (χ1) is 9.33. The summed E-state index contributed by atoms with van der Waals surface area (Å²) >= 11 is 0. The number of carboxylic acid groups (broad SMARTS) is 1. The second kappa shape index (κ2) is 12.8. The molecule has 0 spiro atoms. The molecule has 1 heterocycles. The van der Waals surface area contributed by atoms with Crippen LogP contribution in [-0.2, 0) is 19.1 Å². The number of rotatable bonds is 4. The van der Waals surface area contributed by atoms with Crippen molar-refractivity contribution in [3.05, 3.63) is 0 Å². The molecule has 0 aromatic carbocycles. The van der Waals surface area contributed by atoms with Gasteiger partial charge < -0.3 is 24.8 Å². The van der Waals surface area contributed by atoms with E-state index in [1.54, 1.807) is 6.92 Å². The first-order valence-corrected chi connectivity index (χ1v) is 6.52. The number of carbonyl (C=O) groups is 2. The zero-order chi connectivity index (χ0) is 16.0. The van der Waals surface area contributed by atoms with Crippen LogP contribution in [0.1, 0.15) is 40.0 Å². The average Bonchev–Trinajstić information content (AvgIpc) is 2.79.